The van der Waals surface area contributed by atoms with Gasteiger partial charge in [0.1, 0.15) is 51.4 Å². The van der Waals surface area contributed by atoms with Gasteiger partial charge in [0.05, 0.1) is 6.61 Å². The number of rotatable bonds is 13. The Hall–Kier alpha value is -6.08. The lowest BCUT2D eigenvalue weighted by Gasteiger charge is -2.56. The molecule has 7 unspecified atom stereocenters. The summed E-state index contributed by atoms with van der Waals surface area (Å²) < 4.78 is 31.3. The van der Waals surface area contributed by atoms with Crippen molar-refractivity contribution in [2.45, 2.75) is 86.8 Å². The van der Waals surface area contributed by atoms with E-state index >= 15 is 0 Å². The van der Waals surface area contributed by atoms with E-state index in [1.54, 1.807) is 42.5 Å². The summed E-state index contributed by atoms with van der Waals surface area (Å²) in [5.74, 6) is -2.76. The number of aromatic amines is 1. The Morgan fingerprint density at radius 3 is 2.48 bits per heavy atom. The molecule has 2 saturated heterocycles. The third kappa shape index (κ3) is 7.43. The number of nitrogen functional groups attached to an aromatic ring is 1. The van der Waals surface area contributed by atoms with Gasteiger partial charge in [-0.15, -0.1) is 0 Å². The molecule has 0 amide bonds. The van der Waals surface area contributed by atoms with Gasteiger partial charge in [-0.25, -0.2) is 4.79 Å². The zero-order chi connectivity index (χ0) is 44.3. The molecule has 0 spiro atoms. The van der Waals surface area contributed by atoms with E-state index < -0.39 is 64.4 Å². The number of aryl methyl sites for hydroxylation is 1. The van der Waals surface area contributed by atoms with E-state index in [4.69, 9.17) is 29.1 Å². The van der Waals surface area contributed by atoms with Crippen molar-refractivity contribution in [1.29, 1.82) is 0 Å². The number of phenols is 2. The van der Waals surface area contributed by atoms with Crippen molar-refractivity contribution in [1.82, 2.24) is 15.6 Å². The van der Waals surface area contributed by atoms with E-state index in [9.17, 15) is 40.2 Å². The van der Waals surface area contributed by atoms with Crippen molar-refractivity contribution >= 4 is 22.8 Å². The van der Waals surface area contributed by atoms with Crippen LogP contribution < -0.4 is 36.0 Å². The lowest BCUT2D eigenvalue weighted by molar-refractivity contribution is -0.342. The summed E-state index contributed by atoms with van der Waals surface area (Å²) in [5, 5.41) is 75.4. The molecular weight excluding hydrogens is 817 g/mol. The van der Waals surface area contributed by atoms with Gasteiger partial charge in [0, 0.05) is 55.0 Å². The second-order valence-corrected chi connectivity index (χ2v) is 16.8. The molecule has 9 rings (SSSR count). The maximum Gasteiger partial charge on any atom is 0.336 e. The number of nitrogens with one attached hydrogen (secondary N) is 3. The van der Waals surface area contributed by atoms with Crippen molar-refractivity contribution in [3.63, 3.8) is 0 Å². The van der Waals surface area contributed by atoms with Gasteiger partial charge in [-0.05, 0) is 97.8 Å². The van der Waals surface area contributed by atoms with Crippen LogP contribution in [-0.2, 0) is 28.0 Å². The predicted octanol–water partition coefficient (Wildman–Crippen LogP) is 3.53. The summed E-state index contributed by atoms with van der Waals surface area (Å²) in [4.78, 5) is 30.0. The quantitative estimate of drug-likeness (QED) is 0.0759. The monoisotopic (exact) mass is 866 g/mol. The Morgan fingerprint density at radius 2 is 1.79 bits per heavy atom. The maximum atomic E-state index is 14.0. The Bertz CT molecular complexity index is 2620. The first-order valence-electron chi connectivity index (χ1n) is 21.1. The Balaban J connectivity index is 1.12. The lowest BCUT2D eigenvalue weighted by Crippen LogP contribution is -2.79. The average molecular weight is 867 g/mol. The molecule has 3 aromatic carbocycles. The standard InChI is InChI=1S/C46H50N4O13/c1-2-24-17-26(19-28(51)18-24)44(13-3-4-14-44)63-39-35(61-43-45(57)15-11-30(31-22-48-23-49-31)46(58,42(45)56)40(62-43)41(54)55)21-34-37(38(39)53)32(52)20-33(60-34)25-5-8-29(9-6-25)59-16-12-27-7-10-36(47)50-27/h5-11,15,17-21,30-31,40,42-43,48-51,53,56-58H,2-4,12-14,16,22-23,47H2,1H3,(H,54,55). The number of anilines is 1. The molecule has 0 radical (unpaired) electrons. The fourth-order valence-electron chi connectivity index (χ4n) is 9.55. The van der Waals surface area contributed by atoms with E-state index in [2.05, 4.69) is 15.6 Å². The largest absolute Gasteiger partial charge is 0.508 e. The minimum absolute atomic E-state index is 0.0124. The van der Waals surface area contributed by atoms with Crippen LogP contribution in [0.4, 0.5) is 5.82 Å². The number of aliphatic hydroxyl groups is 3. The molecule has 11 N–H and O–H groups in total. The van der Waals surface area contributed by atoms with Crippen LogP contribution in [0.3, 0.4) is 0 Å². The minimum Gasteiger partial charge on any atom is -0.508 e. The van der Waals surface area contributed by atoms with Crippen LogP contribution in [0.1, 0.15) is 49.4 Å². The van der Waals surface area contributed by atoms with Crippen molar-refractivity contribution in [3.05, 3.63) is 106 Å². The Kier molecular flexibility index (Phi) is 10.9. The summed E-state index contributed by atoms with van der Waals surface area (Å²) in [6.07, 6.45) is -0.132. The van der Waals surface area contributed by atoms with Crippen LogP contribution in [0, 0.1) is 5.92 Å². The SMILES string of the molecule is CCc1cc(O)cc(C2(Oc3c(OC4OC(C(=O)O)C5(O)C(C6CNCN6)C=CC4(O)C5O)cc4oc(-c5ccc(OCCc6ccc(N)[nH]6)cc5)cc(=O)c4c3O)CCCC2)c1. The fraction of sp³-hybridized carbons (Fsp3) is 0.391. The van der Waals surface area contributed by atoms with E-state index in [0.29, 0.717) is 81.0 Å². The normalized spacial score (nSPS) is 27.4. The number of H-pyrrole nitrogens is 1. The summed E-state index contributed by atoms with van der Waals surface area (Å²) in [5.41, 5.74) is 1.61. The van der Waals surface area contributed by atoms with Crippen molar-refractivity contribution in [2.75, 3.05) is 25.6 Å². The molecular formula is C46H50N4O13. The number of aromatic hydroxyl groups is 2. The number of fused-ring (bicyclic) bond motifs is 3. The van der Waals surface area contributed by atoms with Crippen molar-refractivity contribution in [2.24, 2.45) is 5.92 Å². The van der Waals surface area contributed by atoms with Gasteiger partial charge in [-0.3, -0.25) is 10.1 Å². The number of aliphatic hydroxyl groups excluding tert-OH is 1. The molecule has 3 fully saturated rings. The number of carboxylic acid groups (broad SMARTS) is 1. The highest BCUT2D eigenvalue weighted by Gasteiger charge is 2.70. The van der Waals surface area contributed by atoms with Gasteiger partial charge in [0.2, 0.25) is 12.0 Å². The summed E-state index contributed by atoms with van der Waals surface area (Å²) in [6, 6.07) is 17.6. The summed E-state index contributed by atoms with van der Waals surface area (Å²) in [7, 11) is 0. The molecule has 5 aromatic rings. The molecule has 17 nitrogen and oxygen atoms in total. The molecule has 2 bridgehead atoms. The van der Waals surface area contributed by atoms with Gasteiger partial charge in [-0.2, -0.15) is 0 Å². The molecule has 2 aliphatic heterocycles. The van der Waals surface area contributed by atoms with Gasteiger partial charge < -0.3 is 70.0 Å². The van der Waals surface area contributed by atoms with Gasteiger partial charge in [0.15, 0.2) is 28.6 Å². The molecule has 2 aliphatic carbocycles. The molecule has 332 valence electrons. The molecule has 4 aliphatic rings. The number of carbonyl (C=O) groups is 1. The number of carboxylic acids is 1. The minimum atomic E-state index is -2.54. The molecule has 63 heavy (non-hydrogen) atoms. The fourth-order valence-corrected chi connectivity index (χ4v) is 9.55. The Labute approximate surface area is 360 Å². The van der Waals surface area contributed by atoms with E-state index in [-0.39, 0.29) is 34.0 Å². The van der Waals surface area contributed by atoms with Gasteiger partial charge >= 0.3 is 5.97 Å². The zero-order valence-electron chi connectivity index (χ0n) is 34.4. The van der Waals surface area contributed by atoms with E-state index in [1.165, 1.54) is 24.3 Å². The third-order valence-corrected chi connectivity index (χ3v) is 12.9. The highest BCUT2D eigenvalue weighted by molar-refractivity contribution is 5.89. The molecule has 17 heteroatoms. The number of aromatic nitrogens is 1. The second kappa shape index (κ2) is 16.2. The molecule has 1 saturated carbocycles. The highest BCUT2D eigenvalue weighted by Crippen LogP contribution is 2.53. The van der Waals surface area contributed by atoms with Crippen LogP contribution >= 0.6 is 0 Å². The second-order valence-electron chi connectivity index (χ2n) is 16.8. The number of aliphatic carboxylic acids is 1. The first-order valence-corrected chi connectivity index (χ1v) is 21.1. The number of ether oxygens (including phenoxy) is 4. The van der Waals surface area contributed by atoms with Crippen molar-refractivity contribution in [3.8, 4) is 40.1 Å². The number of phenolic OH excluding ortho intramolecular Hbond substituents is 2. The van der Waals surface area contributed by atoms with Crippen LogP contribution in [0.2, 0.25) is 0 Å². The van der Waals surface area contributed by atoms with Crippen LogP contribution in [0.25, 0.3) is 22.3 Å². The van der Waals surface area contributed by atoms with Gasteiger partial charge in [-0.1, -0.05) is 19.1 Å². The number of nitrogens with two attached hydrogens (primary N) is 1. The first-order chi connectivity index (χ1) is 30.2. The predicted molar refractivity (Wildman–Crippen MR) is 228 cm³/mol. The third-order valence-electron chi connectivity index (χ3n) is 12.9. The molecule has 2 aromatic heterocycles. The summed E-state index contributed by atoms with van der Waals surface area (Å²) in [6.45, 7) is 3.02. The van der Waals surface area contributed by atoms with Crippen LogP contribution in [0.5, 0.6) is 28.7 Å². The number of hydrogen-bond acceptors (Lipinski definition) is 15. The van der Waals surface area contributed by atoms with E-state index in [1.807, 2.05) is 19.1 Å². The number of hydrogen-bond donors (Lipinski definition) is 10. The average Bonchev–Trinajstić information content (AvgIpc) is 4.06. The summed E-state index contributed by atoms with van der Waals surface area (Å²) >= 11 is 0. The molecule has 4 heterocycles. The maximum absolute atomic E-state index is 14.0. The smallest absolute Gasteiger partial charge is 0.336 e. The zero-order valence-corrected chi connectivity index (χ0v) is 34.4. The highest BCUT2D eigenvalue weighted by atomic mass is 16.7. The Morgan fingerprint density at radius 1 is 1.02 bits per heavy atom. The van der Waals surface area contributed by atoms with Crippen LogP contribution in [-0.4, -0.2) is 97.2 Å². The molecule has 7 atom stereocenters. The van der Waals surface area contributed by atoms with Gasteiger partial charge in [0.25, 0.3) is 0 Å². The first kappa shape index (κ1) is 42.2. The van der Waals surface area contributed by atoms with Crippen molar-refractivity contribution < 1.29 is 58.8 Å². The topological polar surface area (TPSA) is 271 Å². The number of benzene rings is 3. The lowest BCUT2D eigenvalue weighted by atomic mass is 9.63. The van der Waals surface area contributed by atoms with Crippen LogP contribution in [0.15, 0.2) is 88.1 Å². The van der Waals surface area contributed by atoms with E-state index in [0.717, 1.165) is 11.3 Å².